The fourth-order valence-corrected chi connectivity index (χ4v) is 7.42. The fourth-order valence-electron chi connectivity index (χ4n) is 6.76. The van der Waals surface area contributed by atoms with Crippen molar-refractivity contribution in [2.75, 3.05) is 32.3 Å². The average Bonchev–Trinajstić information content (AvgIpc) is 3.31. The van der Waals surface area contributed by atoms with Gasteiger partial charge in [0.2, 0.25) is 0 Å². The van der Waals surface area contributed by atoms with Gasteiger partial charge in [0.1, 0.15) is 15.9 Å². The Labute approximate surface area is 250 Å². The lowest BCUT2D eigenvalue weighted by Gasteiger charge is -2.25. The van der Waals surface area contributed by atoms with E-state index in [1.165, 1.54) is 38.5 Å². The Morgan fingerprint density at radius 2 is 1.81 bits per heavy atom. The van der Waals surface area contributed by atoms with Crippen molar-refractivity contribution >= 4 is 21.7 Å². The molecule has 0 radical (unpaired) electrons. The van der Waals surface area contributed by atoms with Crippen molar-refractivity contribution in [3.05, 3.63) is 59.2 Å². The largest absolute Gasteiger partial charge is 0.480 e. The predicted octanol–water partition coefficient (Wildman–Crippen LogP) is 5.09. The third-order valence-electron chi connectivity index (χ3n) is 8.90. The van der Waals surface area contributed by atoms with Crippen molar-refractivity contribution in [2.24, 2.45) is 11.8 Å². The van der Waals surface area contributed by atoms with Crippen molar-refractivity contribution in [1.82, 2.24) is 10.2 Å². The van der Waals surface area contributed by atoms with Crippen molar-refractivity contribution in [2.45, 2.75) is 76.9 Å². The van der Waals surface area contributed by atoms with Crippen LogP contribution in [0.3, 0.4) is 0 Å². The Bertz CT molecular complexity index is 1340. The summed E-state index contributed by atoms with van der Waals surface area (Å²) in [6.07, 6.45) is 10.1. The molecule has 1 saturated carbocycles. The number of aryl methyl sites for hydroxylation is 1. The Hall–Kier alpha value is -2.75. The number of likely N-dealkylation sites (tertiary alicyclic amines) is 1. The number of carbonyl (C=O) groups is 2. The van der Waals surface area contributed by atoms with E-state index in [1.807, 2.05) is 43.3 Å². The summed E-state index contributed by atoms with van der Waals surface area (Å²) in [4.78, 5) is 27.8. The lowest BCUT2D eigenvalue weighted by atomic mass is 9.82. The summed E-state index contributed by atoms with van der Waals surface area (Å²) in [5.41, 5.74) is 4.08. The molecule has 2 aromatic carbocycles. The van der Waals surface area contributed by atoms with E-state index >= 15 is 0 Å². The number of amides is 1. The van der Waals surface area contributed by atoms with Crippen LogP contribution >= 0.6 is 0 Å². The normalized spacial score (nSPS) is 20.8. The second kappa shape index (κ2) is 14.6. The number of ether oxygens (including phenoxy) is 1. The van der Waals surface area contributed by atoms with Crippen LogP contribution in [0, 0.1) is 18.8 Å². The van der Waals surface area contributed by atoms with E-state index in [9.17, 15) is 23.1 Å². The second-order valence-electron chi connectivity index (χ2n) is 12.4. The molecule has 0 bridgehead atoms. The zero-order chi connectivity index (χ0) is 30.3. The number of methoxy groups -OCH3 is 1. The number of aliphatic carboxylic acids is 1. The molecule has 9 heteroatoms. The van der Waals surface area contributed by atoms with Crippen molar-refractivity contribution in [3.8, 4) is 11.1 Å². The molecule has 1 amide bonds. The minimum absolute atomic E-state index is 0.199. The first kappa shape index (κ1) is 32.2. The maximum atomic E-state index is 13.5. The fraction of sp³-hybridized carbons (Fsp3) is 0.576. The number of hydrogen-bond acceptors (Lipinski definition) is 6. The van der Waals surface area contributed by atoms with Gasteiger partial charge in [0.25, 0.3) is 5.91 Å². The van der Waals surface area contributed by atoms with E-state index in [1.54, 1.807) is 13.2 Å². The summed E-state index contributed by atoms with van der Waals surface area (Å²) in [7, 11) is -1.62. The van der Waals surface area contributed by atoms with Gasteiger partial charge < -0.3 is 15.2 Å². The van der Waals surface area contributed by atoms with Crippen LogP contribution < -0.4 is 5.32 Å². The maximum Gasteiger partial charge on any atom is 0.326 e. The zero-order valence-corrected chi connectivity index (χ0v) is 26.0. The van der Waals surface area contributed by atoms with Crippen LogP contribution in [0.5, 0.6) is 0 Å². The molecule has 3 unspecified atom stereocenters. The van der Waals surface area contributed by atoms with Gasteiger partial charge in [-0.15, -0.1) is 0 Å². The molecule has 8 nitrogen and oxygen atoms in total. The van der Waals surface area contributed by atoms with E-state index in [0.717, 1.165) is 53.9 Å². The predicted molar refractivity (Wildman–Crippen MR) is 165 cm³/mol. The Balaban J connectivity index is 1.57. The Kier molecular flexibility index (Phi) is 11.2. The van der Waals surface area contributed by atoms with Gasteiger partial charge in [-0.25, -0.2) is 13.2 Å². The average molecular weight is 599 g/mol. The molecule has 1 heterocycles. The molecule has 3 atom stereocenters. The number of hydrogen-bond donors (Lipinski definition) is 2. The molecule has 42 heavy (non-hydrogen) atoms. The minimum atomic E-state index is -3.38. The van der Waals surface area contributed by atoms with Gasteiger partial charge in [-0.05, 0) is 72.4 Å². The van der Waals surface area contributed by atoms with Gasteiger partial charge in [-0.2, -0.15) is 0 Å². The smallest absolute Gasteiger partial charge is 0.326 e. The summed E-state index contributed by atoms with van der Waals surface area (Å²) in [6, 6.07) is 12.6. The molecule has 1 aliphatic heterocycles. The van der Waals surface area contributed by atoms with Crippen molar-refractivity contribution in [1.29, 1.82) is 0 Å². The van der Waals surface area contributed by atoms with Crippen LogP contribution in [-0.2, 0) is 25.9 Å². The molecule has 0 spiro atoms. The van der Waals surface area contributed by atoms with Crippen LogP contribution in [0.2, 0.25) is 0 Å². The first-order chi connectivity index (χ1) is 20.0. The van der Waals surface area contributed by atoms with E-state index in [0.29, 0.717) is 24.1 Å². The summed E-state index contributed by atoms with van der Waals surface area (Å²) < 4.78 is 28.9. The van der Waals surface area contributed by atoms with E-state index < -0.39 is 27.8 Å². The number of carbonyl (C=O) groups excluding carboxylic acids is 1. The van der Waals surface area contributed by atoms with Gasteiger partial charge >= 0.3 is 5.97 Å². The van der Waals surface area contributed by atoms with E-state index in [4.69, 9.17) is 4.74 Å². The van der Waals surface area contributed by atoms with Crippen LogP contribution in [-0.4, -0.2) is 74.7 Å². The number of sulfone groups is 1. The minimum Gasteiger partial charge on any atom is -0.480 e. The highest BCUT2D eigenvalue weighted by Crippen LogP contribution is 2.36. The van der Waals surface area contributed by atoms with Crippen LogP contribution in [0.1, 0.15) is 72.9 Å². The van der Waals surface area contributed by atoms with Gasteiger partial charge in [0.05, 0.1) is 12.4 Å². The summed E-state index contributed by atoms with van der Waals surface area (Å²) in [5, 5.41) is 12.2. The number of benzene rings is 2. The third-order valence-corrected chi connectivity index (χ3v) is 9.87. The van der Waals surface area contributed by atoms with Gasteiger partial charge in [0.15, 0.2) is 0 Å². The summed E-state index contributed by atoms with van der Waals surface area (Å²) >= 11 is 0. The highest BCUT2D eigenvalue weighted by Gasteiger charge is 2.34. The van der Waals surface area contributed by atoms with Gasteiger partial charge in [0, 0.05) is 38.1 Å². The highest BCUT2D eigenvalue weighted by atomic mass is 32.2. The van der Waals surface area contributed by atoms with Crippen molar-refractivity contribution in [3.63, 3.8) is 0 Å². The van der Waals surface area contributed by atoms with Crippen LogP contribution in [0.15, 0.2) is 42.5 Å². The molecule has 230 valence electrons. The molecule has 2 fully saturated rings. The lowest BCUT2D eigenvalue weighted by molar-refractivity contribution is -0.139. The van der Waals surface area contributed by atoms with E-state index in [-0.39, 0.29) is 12.2 Å². The monoisotopic (exact) mass is 598 g/mol. The SMILES string of the molecule is COCC1CC(CC2CCCCC2)CN1Cc1ccc(C(=O)NC(CCS(C)(=O)=O)C(=O)O)c(-c2ccccc2C)c1. The van der Waals surface area contributed by atoms with Crippen LogP contribution in [0.4, 0.5) is 0 Å². The van der Waals surface area contributed by atoms with Crippen molar-refractivity contribution < 1.29 is 27.9 Å². The molecular weight excluding hydrogens is 552 g/mol. The van der Waals surface area contributed by atoms with Gasteiger partial charge in [-0.3, -0.25) is 9.69 Å². The third kappa shape index (κ3) is 8.88. The molecule has 2 N–H and O–H groups in total. The zero-order valence-electron chi connectivity index (χ0n) is 25.2. The molecular formula is C33H46N2O6S. The topological polar surface area (TPSA) is 113 Å². The second-order valence-corrected chi connectivity index (χ2v) is 14.6. The van der Waals surface area contributed by atoms with Crippen LogP contribution in [0.25, 0.3) is 11.1 Å². The first-order valence-corrected chi connectivity index (χ1v) is 17.2. The summed E-state index contributed by atoms with van der Waals surface area (Å²) in [5.74, 6) is -0.624. The molecule has 0 aromatic heterocycles. The number of carboxylic acids is 1. The highest BCUT2D eigenvalue weighted by molar-refractivity contribution is 7.90. The number of nitrogens with one attached hydrogen (secondary N) is 1. The summed E-state index contributed by atoms with van der Waals surface area (Å²) in [6.45, 7) is 4.45. The number of rotatable bonds is 13. The molecule has 2 aliphatic rings. The first-order valence-electron chi connectivity index (χ1n) is 15.2. The molecule has 2 aromatic rings. The Morgan fingerprint density at radius 3 is 2.48 bits per heavy atom. The number of nitrogens with zero attached hydrogens (tertiary/aromatic N) is 1. The standard InChI is InChI=1S/C33H46N2O6S/c1-23-9-7-8-12-28(23)30-19-25(13-14-29(30)32(36)34-31(33(37)38)15-16-42(3,39)40)20-35-21-26(18-27(35)22-41-2)17-24-10-5-4-6-11-24/h7-9,12-14,19,24,26-27,31H,4-6,10-11,15-18,20-22H2,1-3H3,(H,34,36)(H,37,38). The van der Waals surface area contributed by atoms with Gasteiger partial charge in [-0.1, -0.05) is 62.4 Å². The lowest BCUT2D eigenvalue weighted by Crippen LogP contribution is -2.42. The molecule has 4 rings (SSSR count). The maximum absolute atomic E-state index is 13.5. The number of carboxylic acid groups (broad SMARTS) is 1. The molecule has 1 saturated heterocycles. The Morgan fingerprint density at radius 1 is 1.07 bits per heavy atom. The molecule has 1 aliphatic carbocycles. The van der Waals surface area contributed by atoms with E-state index in [2.05, 4.69) is 10.2 Å². The quantitative estimate of drug-likeness (QED) is 0.330.